The lowest BCUT2D eigenvalue weighted by molar-refractivity contribution is -0.118. The van der Waals surface area contributed by atoms with Crippen molar-refractivity contribution in [1.82, 2.24) is 24.5 Å². The van der Waals surface area contributed by atoms with Gasteiger partial charge in [-0.05, 0) is 24.5 Å². The maximum Gasteiger partial charge on any atom is 0.262 e. The molecule has 0 unspecified atom stereocenters. The monoisotopic (exact) mass is 359 g/mol. The van der Waals surface area contributed by atoms with Crippen molar-refractivity contribution in [2.75, 3.05) is 12.3 Å². The van der Waals surface area contributed by atoms with E-state index in [1.807, 2.05) is 22.6 Å². The molecule has 7 nitrogen and oxygen atoms in total. The molecule has 0 fully saturated rings. The number of thioether (sulfide) groups is 1. The summed E-state index contributed by atoms with van der Waals surface area (Å²) in [5, 5.41) is 12.4. The summed E-state index contributed by atoms with van der Waals surface area (Å²) in [7, 11) is 1.67. The highest BCUT2D eigenvalue weighted by molar-refractivity contribution is 7.99. The molecule has 0 aliphatic heterocycles. The van der Waals surface area contributed by atoms with E-state index in [9.17, 15) is 9.59 Å². The highest BCUT2D eigenvalue weighted by atomic mass is 32.2. The summed E-state index contributed by atoms with van der Waals surface area (Å²) in [6.07, 6.45) is 0.955. The topological polar surface area (TPSA) is 81.3 Å². The first-order chi connectivity index (χ1) is 12.0. The molecule has 0 spiro atoms. The molecule has 0 radical (unpaired) electrons. The number of fused-ring (bicyclic) bond motifs is 3. The molecule has 0 atom stereocenters. The Morgan fingerprint density at radius 2 is 2.04 bits per heavy atom. The Labute approximate surface area is 149 Å². The van der Waals surface area contributed by atoms with E-state index in [1.54, 1.807) is 13.1 Å². The molecule has 1 amide bonds. The number of aromatic nitrogens is 4. The standard InChI is InChI=1S/C17H21N5O2S/c1-11(2)8-9-18-14(23)10-25-17-20-19-16-21(3)15(24)12-6-4-5-7-13(12)22(16)17/h4-7,11H,8-10H2,1-3H3,(H,18,23). The van der Waals surface area contributed by atoms with Gasteiger partial charge in [-0.2, -0.15) is 0 Å². The van der Waals surface area contributed by atoms with Crippen LogP contribution in [0.25, 0.3) is 16.7 Å². The minimum absolute atomic E-state index is 0.0310. The molecule has 2 aromatic heterocycles. The van der Waals surface area contributed by atoms with Crippen molar-refractivity contribution in [2.24, 2.45) is 13.0 Å². The van der Waals surface area contributed by atoms with Gasteiger partial charge in [0.05, 0.1) is 16.7 Å². The van der Waals surface area contributed by atoms with Crippen LogP contribution < -0.4 is 10.9 Å². The molecule has 0 saturated heterocycles. The minimum Gasteiger partial charge on any atom is -0.355 e. The highest BCUT2D eigenvalue weighted by Crippen LogP contribution is 2.20. The van der Waals surface area contributed by atoms with Gasteiger partial charge in [0.15, 0.2) is 5.16 Å². The smallest absolute Gasteiger partial charge is 0.262 e. The number of nitrogens with one attached hydrogen (secondary N) is 1. The molecule has 2 heterocycles. The van der Waals surface area contributed by atoms with E-state index in [0.717, 1.165) is 11.9 Å². The third-order valence-corrected chi connectivity index (χ3v) is 4.90. The molecule has 0 aliphatic rings. The first-order valence-corrected chi connectivity index (χ1v) is 9.20. The zero-order chi connectivity index (χ0) is 18.0. The van der Waals surface area contributed by atoms with Gasteiger partial charge >= 0.3 is 0 Å². The van der Waals surface area contributed by atoms with Crippen LogP contribution in [-0.2, 0) is 11.8 Å². The fourth-order valence-corrected chi connectivity index (χ4v) is 3.36. The van der Waals surface area contributed by atoms with Gasteiger partial charge in [-0.3, -0.25) is 18.6 Å². The summed E-state index contributed by atoms with van der Waals surface area (Å²) in [4.78, 5) is 24.4. The third kappa shape index (κ3) is 3.53. The minimum atomic E-state index is -0.113. The largest absolute Gasteiger partial charge is 0.355 e. The predicted octanol–water partition coefficient (Wildman–Crippen LogP) is 1.84. The van der Waals surface area contributed by atoms with Crippen LogP contribution in [0.4, 0.5) is 0 Å². The van der Waals surface area contributed by atoms with Crippen molar-refractivity contribution < 1.29 is 4.79 Å². The van der Waals surface area contributed by atoms with Crippen molar-refractivity contribution in [3.8, 4) is 0 Å². The lowest BCUT2D eigenvalue weighted by Gasteiger charge is -2.08. The van der Waals surface area contributed by atoms with Gasteiger partial charge in [0.1, 0.15) is 0 Å². The summed E-state index contributed by atoms with van der Waals surface area (Å²) in [6, 6.07) is 7.34. The summed E-state index contributed by atoms with van der Waals surface area (Å²) in [5.74, 6) is 1.25. The van der Waals surface area contributed by atoms with Gasteiger partial charge in [0, 0.05) is 13.6 Å². The molecule has 8 heteroatoms. The second-order valence-electron chi connectivity index (χ2n) is 6.32. The fourth-order valence-electron chi connectivity index (χ4n) is 2.59. The number of hydrogen-bond acceptors (Lipinski definition) is 5. The number of aryl methyl sites for hydroxylation is 1. The van der Waals surface area contributed by atoms with Crippen LogP contribution in [0, 0.1) is 5.92 Å². The van der Waals surface area contributed by atoms with E-state index in [1.165, 1.54) is 16.3 Å². The SMILES string of the molecule is CC(C)CCNC(=O)CSc1nnc2n(C)c(=O)c3ccccc3n12. The normalized spacial score (nSPS) is 11.5. The van der Waals surface area contributed by atoms with Crippen molar-refractivity contribution in [3.05, 3.63) is 34.6 Å². The Morgan fingerprint density at radius 3 is 2.80 bits per heavy atom. The second-order valence-corrected chi connectivity index (χ2v) is 7.26. The Bertz CT molecular complexity index is 976. The molecule has 0 bridgehead atoms. The first-order valence-electron chi connectivity index (χ1n) is 8.21. The summed E-state index contributed by atoms with van der Waals surface area (Å²) >= 11 is 1.31. The molecule has 3 aromatic rings. The number of benzene rings is 1. The number of amides is 1. The average Bonchev–Trinajstić information content (AvgIpc) is 3.02. The number of hydrogen-bond donors (Lipinski definition) is 1. The van der Waals surface area contributed by atoms with E-state index in [0.29, 0.717) is 28.8 Å². The quantitative estimate of drug-likeness (QED) is 0.679. The van der Waals surface area contributed by atoms with Crippen molar-refractivity contribution in [3.63, 3.8) is 0 Å². The van der Waals surface area contributed by atoms with Crippen LogP contribution >= 0.6 is 11.8 Å². The fraction of sp³-hybridized carbons (Fsp3) is 0.412. The average molecular weight is 359 g/mol. The predicted molar refractivity (Wildman–Crippen MR) is 98.9 cm³/mol. The Hall–Kier alpha value is -2.35. The molecular weight excluding hydrogens is 338 g/mol. The van der Waals surface area contributed by atoms with Crippen molar-refractivity contribution >= 4 is 34.3 Å². The van der Waals surface area contributed by atoms with E-state index in [4.69, 9.17) is 0 Å². The molecule has 3 rings (SSSR count). The number of carbonyl (C=O) groups excluding carboxylic acids is 1. The van der Waals surface area contributed by atoms with Crippen LogP contribution in [0.2, 0.25) is 0 Å². The maximum absolute atomic E-state index is 12.4. The molecular formula is C17H21N5O2S. The Morgan fingerprint density at radius 1 is 1.28 bits per heavy atom. The number of rotatable bonds is 6. The van der Waals surface area contributed by atoms with Crippen molar-refractivity contribution in [1.29, 1.82) is 0 Å². The maximum atomic E-state index is 12.4. The zero-order valence-corrected chi connectivity index (χ0v) is 15.3. The third-order valence-electron chi connectivity index (χ3n) is 3.97. The lowest BCUT2D eigenvalue weighted by atomic mass is 10.1. The van der Waals surface area contributed by atoms with Crippen LogP contribution in [0.1, 0.15) is 20.3 Å². The van der Waals surface area contributed by atoms with Gasteiger partial charge in [0.25, 0.3) is 5.56 Å². The van der Waals surface area contributed by atoms with Crippen LogP contribution in [-0.4, -0.2) is 37.4 Å². The van der Waals surface area contributed by atoms with Gasteiger partial charge in [0.2, 0.25) is 11.7 Å². The Kier molecular flexibility index (Phi) is 5.08. The van der Waals surface area contributed by atoms with E-state index >= 15 is 0 Å². The van der Waals surface area contributed by atoms with E-state index < -0.39 is 0 Å². The van der Waals surface area contributed by atoms with Gasteiger partial charge < -0.3 is 5.32 Å². The van der Waals surface area contributed by atoms with Gasteiger partial charge in [-0.15, -0.1) is 10.2 Å². The summed E-state index contributed by atoms with van der Waals surface area (Å²) in [6.45, 7) is 4.92. The molecule has 132 valence electrons. The van der Waals surface area contributed by atoms with Crippen LogP contribution in [0.3, 0.4) is 0 Å². The molecule has 0 saturated carbocycles. The van der Waals surface area contributed by atoms with Crippen LogP contribution in [0.5, 0.6) is 0 Å². The Balaban J connectivity index is 1.86. The second kappa shape index (κ2) is 7.26. The number of carbonyl (C=O) groups is 1. The molecule has 25 heavy (non-hydrogen) atoms. The van der Waals surface area contributed by atoms with E-state index in [2.05, 4.69) is 29.4 Å². The van der Waals surface area contributed by atoms with Crippen molar-refractivity contribution in [2.45, 2.75) is 25.4 Å². The highest BCUT2D eigenvalue weighted by Gasteiger charge is 2.15. The van der Waals surface area contributed by atoms with Crippen LogP contribution in [0.15, 0.2) is 34.2 Å². The summed E-state index contributed by atoms with van der Waals surface area (Å²) < 4.78 is 3.30. The summed E-state index contributed by atoms with van der Waals surface area (Å²) in [5.41, 5.74) is 0.631. The molecule has 1 aromatic carbocycles. The lowest BCUT2D eigenvalue weighted by Crippen LogP contribution is -2.27. The zero-order valence-electron chi connectivity index (χ0n) is 14.5. The van der Waals surface area contributed by atoms with Gasteiger partial charge in [-0.1, -0.05) is 37.7 Å². The van der Waals surface area contributed by atoms with Gasteiger partial charge in [-0.25, -0.2) is 0 Å². The molecule has 1 N–H and O–H groups in total. The first kappa shape index (κ1) is 17.5. The number of nitrogens with zero attached hydrogens (tertiary/aromatic N) is 4. The molecule has 0 aliphatic carbocycles. The number of para-hydroxylation sites is 1. The van der Waals surface area contributed by atoms with E-state index in [-0.39, 0.29) is 17.2 Å².